The van der Waals surface area contributed by atoms with E-state index in [9.17, 15) is 9.59 Å². The number of amides is 2. The van der Waals surface area contributed by atoms with Crippen molar-refractivity contribution in [3.05, 3.63) is 0 Å². The number of rotatable bonds is 4. The van der Waals surface area contributed by atoms with Crippen molar-refractivity contribution < 1.29 is 9.59 Å². The first-order valence-electron chi connectivity index (χ1n) is 7.29. The average molecular weight is 252 g/mol. The van der Waals surface area contributed by atoms with E-state index in [-0.39, 0.29) is 17.9 Å². The van der Waals surface area contributed by atoms with E-state index >= 15 is 0 Å². The molecular formula is C14H24N2O2. The summed E-state index contributed by atoms with van der Waals surface area (Å²) < 4.78 is 0. The van der Waals surface area contributed by atoms with Gasteiger partial charge < -0.3 is 10.2 Å². The standard InChI is InChI=1S/C14H24N2O2/c1-2-16-12(8-9-13(16)17)14(18)15-10-11-6-4-3-5-7-11/h11-12H,2-10H2,1H3,(H,15,18)/t12-/m0/s1. The summed E-state index contributed by atoms with van der Waals surface area (Å²) in [6.07, 6.45) is 7.61. The van der Waals surface area contributed by atoms with Gasteiger partial charge in [0.1, 0.15) is 6.04 Å². The van der Waals surface area contributed by atoms with Crippen LogP contribution in [0.2, 0.25) is 0 Å². The second-order valence-electron chi connectivity index (χ2n) is 5.48. The lowest BCUT2D eigenvalue weighted by atomic mass is 9.89. The summed E-state index contributed by atoms with van der Waals surface area (Å²) in [5.74, 6) is 0.818. The van der Waals surface area contributed by atoms with Crippen LogP contribution in [-0.2, 0) is 9.59 Å². The Morgan fingerprint density at radius 1 is 1.28 bits per heavy atom. The molecule has 0 radical (unpaired) electrons. The minimum absolute atomic E-state index is 0.0493. The Bertz CT molecular complexity index is 311. The van der Waals surface area contributed by atoms with Crippen LogP contribution in [0, 0.1) is 5.92 Å². The molecule has 0 aromatic carbocycles. The van der Waals surface area contributed by atoms with Gasteiger partial charge in [-0.2, -0.15) is 0 Å². The summed E-state index contributed by atoms with van der Waals surface area (Å²) in [4.78, 5) is 25.4. The van der Waals surface area contributed by atoms with Gasteiger partial charge in [0.25, 0.3) is 0 Å². The first-order valence-corrected chi connectivity index (χ1v) is 7.29. The van der Waals surface area contributed by atoms with Gasteiger partial charge in [-0.15, -0.1) is 0 Å². The van der Waals surface area contributed by atoms with Gasteiger partial charge >= 0.3 is 0 Å². The predicted molar refractivity (Wildman–Crippen MR) is 70.0 cm³/mol. The van der Waals surface area contributed by atoms with Crippen molar-refractivity contribution in [3.63, 3.8) is 0 Å². The fourth-order valence-corrected chi connectivity index (χ4v) is 3.16. The van der Waals surface area contributed by atoms with Crippen LogP contribution in [-0.4, -0.2) is 35.8 Å². The van der Waals surface area contributed by atoms with Crippen molar-refractivity contribution in [2.75, 3.05) is 13.1 Å². The molecule has 1 saturated heterocycles. The molecule has 1 saturated carbocycles. The molecule has 1 atom stereocenters. The van der Waals surface area contributed by atoms with Crippen molar-refractivity contribution in [2.24, 2.45) is 5.92 Å². The molecule has 0 spiro atoms. The van der Waals surface area contributed by atoms with E-state index in [1.165, 1.54) is 32.1 Å². The third-order valence-electron chi connectivity index (χ3n) is 4.26. The summed E-state index contributed by atoms with van der Waals surface area (Å²) >= 11 is 0. The van der Waals surface area contributed by atoms with E-state index in [2.05, 4.69) is 5.32 Å². The van der Waals surface area contributed by atoms with Gasteiger partial charge in [-0.1, -0.05) is 19.3 Å². The smallest absolute Gasteiger partial charge is 0.242 e. The molecule has 2 fully saturated rings. The maximum atomic E-state index is 12.1. The molecule has 0 bridgehead atoms. The zero-order valence-corrected chi connectivity index (χ0v) is 11.3. The minimum Gasteiger partial charge on any atom is -0.354 e. The largest absolute Gasteiger partial charge is 0.354 e. The third kappa shape index (κ3) is 3.03. The Morgan fingerprint density at radius 3 is 2.67 bits per heavy atom. The Kier molecular flexibility index (Phi) is 4.61. The van der Waals surface area contributed by atoms with Crippen LogP contribution in [0.5, 0.6) is 0 Å². The second-order valence-corrected chi connectivity index (χ2v) is 5.48. The lowest BCUT2D eigenvalue weighted by Crippen LogP contribution is -2.45. The van der Waals surface area contributed by atoms with E-state index in [4.69, 9.17) is 0 Å². The van der Waals surface area contributed by atoms with Gasteiger partial charge in [0.2, 0.25) is 11.8 Å². The molecule has 0 unspecified atom stereocenters. The average Bonchev–Trinajstić information content (AvgIpc) is 2.78. The van der Waals surface area contributed by atoms with Crippen LogP contribution < -0.4 is 5.32 Å². The number of hydrogen-bond donors (Lipinski definition) is 1. The fraction of sp³-hybridized carbons (Fsp3) is 0.857. The highest BCUT2D eigenvalue weighted by Gasteiger charge is 2.34. The first-order chi connectivity index (χ1) is 8.72. The van der Waals surface area contributed by atoms with Crippen molar-refractivity contribution >= 4 is 11.8 Å². The summed E-state index contributed by atoms with van der Waals surface area (Å²) in [5.41, 5.74) is 0. The number of carbonyl (C=O) groups excluding carboxylic acids is 2. The second kappa shape index (κ2) is 6.21. The molecule has 2 rings (SSSR count). The minimum atomic E-state index is -0.217. The number of likely N-dealkylation sites (tertiary alicyclic amines) is 1. The molecule has 0 aromatic heterocycles. The third-order valence-corrected chi connectivity index (χ3v) is 4.26. The number of nitrogens with one attached hydrogen (secondary N) is 1. The lowest BCUT2D eigenvalue weighted by molar-refractivity contribution is -0.135. The maximum Gasteiger partial charge on any atom is 0.242 e. The Hall–Kier alpha value is -1.06. The van der Waals surface area contributed by atoms with E-state index in [0.717, 1.165) is 6.54 Å². The Labute approximate surface area is 109 Å². The molecule has 18 heavy (non-hydrogen) atoms. The summed E-state index contributed by atoms with van der Waals surface area (Å²) in [5, 5.41) is 3.05. The molecule has 1 N–H and O–H groups in total. The predicted octanol–water partition coefficient (Wildman–Crippen LogP) is 1.69. The molecule has 1 aliphatic heterocycles. The van der Waals surface area contributed by atoms with Gasteiger partial charge in [0.15, 0.2) is 0 Å². The molecule has 1 aliphatic carbocycles. The molecule has 1 heterocycles. The molecular weight excluding hydrogens is 228 g/mol. The van der Waals surface area contributed by atoms with E-state index in [0.29, 0.717) is 25.3 Å². The normalized spacial score (nSPS) is 25.5. The molecule has 4 nitrogen and oxygen atoms in total. The number of hydrogen-bond acceptors (Lipinski definition) is 2. The van der Waals surface area contributed by atoms with Crippen LogP contribution in [0.3, 0.4) is 0 Å². The van der Waals surface area contributed by atoms with Crippen molar-refractivity contribution in [3.8, 4) is 0 Å². The summed E-state index contributed by atoms with van der Waals surface area (Å²) in [6, 6.07) is -0.217. The SMILES string of the molecule is CCN1C(=O)CC[C@H]1C(=O)NCC1CCCCC1. The molecule has 2 amide bonds. The van der Waals surface area contributed by atoms with Crippen molar-refractivity contribution in [1.29, 1.82) is 0 Å². The van der Waals surface area contributed by atoms with Crippen LogP contribution in [0.25, 0.3) is 0 Å². The van der Waals surface area contributed by atoms with Crippen molar-refractivity contribution in [2.45, 2.75) is 57.9 Å². The van der Waals surface area contributed by atoms with E-state index in [1.54, 1.807) is 4.90 Å². The van der Waals surface area contributed by atoms with Gasteiger partial charge in [-0.25, -0.2) is 0 Å². The Morgan fingerprint density at radius 2 is 2.00 bits per heavy atom. The van der Waals surface area contributed by atoms with Crippen molar-refractivity contribution in [1.82, 2.24) is 10.2 Å². The number of carbonyl (C=O) groups is 2. The quantitative estimate of drug-likeness (QED) is 0.828. The summed E-state index contributed by atoms with van der Waals surface area (Å²) in [6.45, 7) is 3.37. The van der Waals surface area contributed by atoms with Crippen LogP contribution >= 0.6 is 0 Å². The van der Waals surface area contributed by atoms with E-state index in [1.807, 2.05) is 6.92 Å². The molecule has 0 aromatic rings. The summed E-state index contributed by atoms with van der Waals surface area (Å²) in [7, 11) is 0. The highest BCUT2D eigenvalue weighted by Crippen LogP contribution is 2.23. The zero-order valence-electron chi connectivity index (χ0n) is 11.3. The molecule has 102 valence electrons. The highest BCUT2D eigenvalue weighted by molar-refractivity contribution is 5.90. The van der Waals surface area contributed by atoms with Crippen LogP contribution in [0.4, 0.5) is 0 Å². The topological polar surface area (TPSA) is 49.4 Å². The van der Waals surface area contributed by atoms with Gasteiger partial charge in [0.05, 0.1) is 0 Å². The molecule has 2 aliphatic rings. The Balaban J connectivity index is 1.78. The first kappa shape index (κ1) is 13.4. The highest BCUT2D eigenvalue weighted by atomic mass is 16.2. The fourth-order valence-electron chi connectivity index (χ4n) is 3.16. The maximum absolute atomic E-state index is 12.1. The monoisotopic (exact) mass is 252 g/mol. The van der Waals surface area contributed by atoms with Gasteiger partial charge in [-0.3, -0.25) is 9.59 Å². The molecule has 4 heteroatoms. The van der Waals surface area contributed by atoms with Gasteiger partial charge in [-0.05, 0) is 32.1 Å². The van der Waals surface area contributed by atoms with E-state index < -0.39 is 0 Å². The number of nitrogens with zero attached hydrogens (tertiary/aromatic N) is 1. The van der Waals surface area contributed by atoms with Gasteiger partial charge in [0, 0.05) is 19.5 Å². The zero-order chi connectivity index (χ0) is 13.0. The van der Waals surface area contributed by atoms with Crippen LogP contribution in [0.1, 0.15) is 51.9 Å². The lowest BCUT2D eigenvalue weighted by Gasteiger charge is -2.25. The number of likely N-dealkylation sites (N-methyl/N-ethyl adjacent to an activating group) is 1. The van der Waals surface area contributed by atoms with Crippen LogP contribution in [0.15, 0.2) is 0 Å².